The van der Waals surface area contributed by atoms with Gasteiger partial charge >= 0.3 is 0 Å². The third-order valence-electron chi connectivity index (χ3n) is 16.2. The van der Waals surface area contributed by atoms with Crippen molar-refractivity contribution < 1.29 is 0 Å². The number of hydrogen-bond donors (Lipinski definition) is 0. The molecule has 0 N–H and O–H groups in total. The number of nitrogens with zero attached hydrogens (tertiary/aromatic N) is 9. The average Bonchev–Trinajstić information content (AvgIpc) is 1.86. The molecule has 12 aromatic carbocycles. The number of para-hydroxylation sites is 6. The predicted octanol–water partition coefficient (Wildman–Crippen LogP) is 19.0. The molecule has 0 atom stereocenters. The van der Waals surface area contributed by atoms with Gasteiger partial charge in [-0.15, -0.1) is 0 Å². The third kappa shape index (κ3) is 9.24. The molecule has 9 heteroatoms. The van der Waals surface area contributed by atoms with Gasteiger partial charge in [-0.2, -0.15) is 0 Å². The van der Waals surface area contributed by atoms with Crippen LogP contribution in [-0.2, 0) is 0 Å². The highest BCUT2D eigenvalue weighted by molar-refractivity contribution is 6.12. The molecule has 0 amide bonds. The minimum Gasteiger partial charge on any atom is -0.309 e. The van der Waals surface area contributed by atoms with E-state index in [0.717, 1.165) is 88.8 Å². The molecule has 0 radical (unpaired) electrons. The zero-order valence-corrected chi connectivity index (χ0v) is 47.0. The Balaban J connectivity index is 0.000000147. The van der Waals surface area contributed by atoms with Crippen molar-refractivity contribution in [3.05, 3.63) is 309 Å². The number of fused-ring (bicyclic) bond motifs is 9. The SMILES string of the molecule is c1ccc(-c2nc(-c3ccc4c(c3)c3ccccc3n4-c3ccccc3)nc(-c3ccc4c(c3)c3ccccc3n4-c3ccccc3)n2)cc1.c1ccc(-c2nc(-c3ccccc3)nc(-c3ccc4c(c3)c3ccccc3n4-c3ccccc3)n2)cc1. The Morgan fingerprint density at radius 2 is 0.368 bits per heavy atom. The van der Waals surface area contributed by atoms with Gasteiger partial charge in [0.1, 0.15) is 0 Å². The van der Waals surface area contributed by atoms with Crippen molar-refractivity contribution in [1.82, 2.24) is 43.6 Å². The lowest BCUT2D eigenvalue weighted by Gasteiger charge is -2.10. The van der Waals surface area contributed by atoms with Crippen LogP contribution in [0.1, 0.15) is 0 Å². The van der Waals surface area contributed by atoms with Gasteiger partial charge in [-0.25, -0.2) is 29.9 Å². The molecular weight excluding hydrogens is 1060 g/mol. The third-order valence-corrected chi connectivity index (χ3v) is 16.2. The lowest BCUT2D eigenvalue weighted by atomic mass is 10.1. The molecule has 0 saturated carbocycles. The maximum atomic E-state index is 5.17. The number of hydrogen-bond acceptors (Lipinski definition) is 6. The second-order valence-corrected chi connectivity index (χ2v) is 21.5. The van der Waals surface area contributed by atoms with Crippen molar-refractivity contribution in [3.8, 4) is 85.4 Å². The Morgan fingerprint density at radius 3 is 0.632 bits per heavy atom. The molecule has 408 valence electrons. The molecule has 0 bridgehead atoms. The molecule has 87 heavy (non-hydrogen) atoms. The summed E-state index contributed by atoms with van der Waals surface area (Å²) < 4.78 is 6.96. The molecule has 0 aliphatic rings. The number of benzene rings is 12. The van der Waals surface area contributed by atoms with Gasteiger partial charge in [-0.05, 0) is 109 Å². The first-order chi connectivity index (χ1) is 43.1. The van der Waals surface area contributed by atoms with Crippen LogP contribution < -0.4 is 0 Å². The Kier molecular flexibility index (Phi) is 12.6. The first kappa shape index (κ1) is 50.8. The summed E-state index contributed by atoms with van der Waals surface area (Å²) in [5.41, 5.74) is 16.0. The Labute approximate surface area is 501 Å². The molecule has 0 unspecified atom stereocenters. The van der Waals surface area contributed by atoms with Crippen LogP contribution in [0.5, 0.6) is 0 Å². The summed E-state index contributed by atoms with van der Waals surface area (Å²) in [7, 11) is 0. The Hall–Kier alpha value is -11.9. The fourth-order valence-electron chi connectivity index (χ4n) is 12.2. The van der Waals surface area contributed by atoms with Crippen LogP contribution in [0, 0.1) is 0 Å². The second kappa shape index (κ2) is 21.7. The van der Waals surface area contributed by atoms with Crippen LogP contribution in [0.25, 0.3) is 151 Å². The highest BCUT2D eigenvalue weighted by Gasteiger charge is 2.20. The first-order valence-corrected chi connectivity index (χ1v) is 29.1. The summed E-state index contributed by atoms with van der Waals surface area (Å²) in [6, 6.07) is 107. The molecule has 5 heterocycles. The Bertz CT molecular complexity index is 5140. The summed E-state index contributed by atoms with van der Waals surface area (Å²) >= 11 is 0. The Morgan fingerprint density at radius 1 is 0.161 bits per heavy atom. The van der Waals surface area contributed by atoms with Crippen LogP contribution in [0.4, 0.5) is 0 Å². The molecule has 17 aromatic rings. The van der Waals surface area contributed by atoms with E-state index in [-0.39, 0.29) is 0 Å². The topological polar surface area (TPSA) is 92.1 Å². The van der Waals surface area contributed by atoms with Crippen molar-refractivity contribution in [2.45, 2.75) is 0 Å². The first-order valence-electron chi connectivity index (χ1n) is 29.1. The van der Waals surface area contributed by atoms with Gasteiger partial charge in [0.15, 0.2) is 34.9 Å². The summed E-state index contributed by atoms with van der Waals surface area (Å²) in [4.78, 5) is 30.0. The lowest BCUT2D eigenvalue weighted by molar-refractivity contribution is 1.07. The fraction of sp³-hybridized carbons (Fsp3) is 0. The van der Waals surface area contributed by atoms with Gasteiger partial charge in [0.25, 0.3) is 0 Å². The quantitative estimate of drug-likeness (QED) is 0.143. The molecule has 0 spiro atoms. The summed E-state index contributed by atoms with van der Waals surface area (Å²) in [5, 5.41) is 7.04. The normalized spacial score (nSPS) is 11.4. The van der Waals surface area contributed by atoms with E-state index < -0.39 is 0 Å². The molecule has 17 rings (SSSR count). The zero-order chi connectivity index (χ0) is 57.6. The summed E-state index contributed by atoms with van der Waals surface area (Å²) in [5.74, 6) is 3.90. The van der Waals surface area contributed by atoms with Crippen molar-refractivity contribution in [2.24, 2.45) is 0 Å². The van der Waals surface area contributed by atoms with Gasteiger partial charge in [0, 0.05) is 82.8 Å². The van der Waals surface area contributed by atoms with Gasteiger partial charge in [0.05, 0.1) is 33.1 Å². The largest absolute Gasteiger partial charge is 0.309 e. The number of rotatable bonds is 9. The molecular formula is C78H51N9. The van der Waals surface area contributed by atoms with E-state index in [4.69, 9.17) is 29.9 Å². The van der Waals surface area contributed by atoms with E-state index in [0.29, 0.717) is 34.9 Å². The standard InChI is InChI=1S/C45H29N5.C33H22N4/c1-4-14-30(15-5-1)43-46-44(31-24-26-41-37(28-31)35-20-10-12-22-39(35)49(41)33-16-6-2-7-17-33)48-45(47-43)32-25-27-42-38(29-32)36-21-11-13-23-40(36)50(42)34-18-8-3-9-19-34;1-4-12-23(13-5-1)31-34-32(24-14-6-2-7-15-24)36-33(35-31)25-20-21-30-28(22-25)27-18-10-11-19-29(27)37(30)26-16-8-3-9-17-26/h1-29H;1-22H. The second-order valence-electron chi connectivity index (χ2n) is 21.5. The van der Waals surface area contributed by atoms with E-state index in [1.807, 2.05) is 84.9 Å². The molecule has 0 aliphatic carbocycles. The van der Waals surface area contributed by atoms with Crippen LogP contribution in [-0.4, -0.2) is 43.6 Å². The smallest absolute Gasteiger partial charge is 0.164 e. The molecule has 9 nitrogen and oxygen atoms in total. The number of aromatic nitrogens is 9. The van der Waals surface area contributed by atoms with Crippen molar-refractivity contribution >= 4 is 65.4 Å². The summed E-state index contributed by atoms with van der Waals surface area (Å²) in [6.45, 7) is 0. The molecule has 5 aromatic heterocycles. The van der Waals surface area contributed by atoms with Crippen LogP contribution >= 0.6 is 0 Å². The van der Waals surface area contributed by atoms with Gasteiger partial charge in [-0.3, -0.25) is 0 Å². The molecule has 0 saturated heterocycles. The van der Waals surface area contributed by atoms with E-state index in [9.17, 15) is 0 Å². The van der Waals surface area contributed by atoms with Crippen molar-refractivity contribution in [1.29, 1.82) is 0 Å². The van der Waals surface area contributed by atoms with Gasteiger partial charge in [-0.1, -0.05) is 200 Å². The van der Waals surface area contributed by atoms with Crippen LogP contribution in [0.2, 0.25) is 0 Å². The van der Waals surface area contributed by atoms with Crippen molar-refractivity contribution in [3.63, 3.8) is 0 Å². The molecule has 0 fully saturated rings. The maximum Gasteiger partial charge on any atom is 0.164 e. The van der Waals surface area contributed by atoms with E-state index in [2.05, 4.69) is 238 Å². The zero-order valence-electron chi connectivity index (χ0n) is 47.0. The van der Waals surface area contributed by atoms with Gasteiger partial charge in [0.2, 0.25) is 0 Å². The van der Waals surface area contributed by atoms with E-state index in [1.165, 1.54) is 27.1 Å². The summed E-state index contributed by atoms with van der Waals surface area (Å²) in [6.07, 6.45) is 0. The van der Waals surface area contributed by atoms with Crippen molar-refractivity contribution in [2.75, 3.05) is 0 Å². The fourth-order valence-corrected chi connectivity index (χ4v) is 12.2. The minimum atomic E-state index is 0.638. The molecule has 0 aliphatic heterocycles. The highest BCUT2D eigenvalue weighted by Crippen LogP contribution is 2.39. The van der Waals surface area contributed by atoms with Gasteiger partial charge < -0.3 is 13.7 Å². The highest BCUT2D eigenvalue weighted by atomic mass is 15.1. The van der Waals surface area contributed by atoms with E-state index in [1.54, 1.807) is 0 Å². The lowest BCUT2D eigenvalue weighted by Crippen LogP contribution is -2.00. The predicted molar refractivity (Wildman–Crippen MR) is 355 cm³/mol. The van der Waals surface area contributed by atoms with Crippen LogP contribution in [0.3, 0.4) is 0 Å². The average molecular weight is 1110 g/mol. The maximum absolute atomic E-state index is 5.17. The van der Waals surface area contributed by atoms with E-state index >= 15 is 0 Å². The monoisotopic (exact) mass is 1110 g/mol. The minimum absolute atomic E-state index is 0.638. The van der Waals surface area contributed by atoms with Crippen LogP contribution in [0.15, 0.2) is 309 Å².